The molecule has 1 aliphatic rings. The largest absolute Gasteiger partial charge is 0.346 e. The minimum atomic E-state index is 0.293. The normalized spacial score (nSPS) is 28.1. The van der Waals surface area contributed by atoms with Crippen LogP contribution in [0.25, 0.3) is 0 Å². The number of anilines is 1. The molecule has 0 bridgehead atoms. The zero-order valence-electron chi connectivity index (χ0n) is 8.11. The smallest absolute Gasteiger partial charge is 0.186 e. The molecule has 2 unspecified atom stereocenters. The molecular weight excluding hydrogens is 262 g/mol. The molecular formula is C9H14BrN3S. The molecule has 0 spiro atoms. The fraction of sp³-hybridized carbons (Fsp3) is 0.667. The molecule has 78 valence electrons. The standard InChI is InChI=1S/C9H14BrN3S/c1-6-2-7(11)4-13(3-6)9-12-8(10)5-14-9/h5-7H,2-4,11H2,1H3. The van der Waals surface area contributed by atoms with Gasteiger partial charge in [-0.1, -0.05) is 6.92 Å². The van der Waals surface area contributed by atoms with Crippen molar-refractivity contribution in [2.45, 2.75) is 19.4 Å². The lowest BCUT2D eigenvalue weighted by atomic mass is 9.97. The Balaban J connectivity index is 2.10. The van der Waals surface area contributed by atoms with Gasteiger partial charge in [0.2, 0.25) is 0 Å². The van der Waals surface area contributed by atoms with E-state index in [1.807, 2.05) is 5.38 Å². The summed E-state index contributed by atoms with van der Waals surface area (Å²) in [5.74, 6) is 0.668. The van der Waals surface area contributed by atoms with E-state index in [-0.39, 0.29) is 0 Å². The van der Waals surface area contributed by atoms with Gasteiger partial charge < -0.3 is 10.6 Å². The van der Waals surface area contributed by atoms with E-state index in [0.29, 0.717) is 12.0 Å². The average molecular weight is 276 g/mol. The summed E-state index contributed by atoms with van der Waals surface area (Å²) < 4.78 is 0.921. The van der Waals surface area contributed by atoms with Crippen molar-refractivity contribution in [3.05, 3.63) is 9.98 Å². The van der Waals surface area contributed by atoms with Crippen LogP contribution in [0.2, 0.25) is 0 Å². The summed E-state index contributed by atoms with van der Waals surface area (Å²) in [4.78, 5) is 6.69. The molecule has 1 aliphatic heterocycles. The molecule has 14 heavy (non-hydrogen) atoms. The van der Waals surface area contributed by atoms with Crippen molar-refractivity contribution in [2.75, 3.05) is 18.0 Å². The Bertz CT molecular complexity index is 305. The number of piperidine rings is 1. The van der Waals surface area contributed by atoms with E-state index in [1.165, 1.54) is 0 Å². The molecule has 0 radical (unpaired) electrons. The van der Waals surface area contributed by atoms with Gasteiger partial charge in [-0.15, -0.1) is 11.3 Å². The third kappa shape index (κ3) is 2.27. The summed E-state index contributed by atoms with van der Waals surface area (Å²) in [5, 5.41) is 3.10. The second-order valence-corrected chi connectivity index (χ2v) is 5.61. The molecule has 1 saturated heterocycles. The Morgan fingerprint density at radius 3 is 3.00 bits per heavy atom. The van der Waals surface area contributed by atoms with Gasteiger partial charge in [0.25, 0.3) is 0 Å². The number of hydrogen-bond donors (Lipinski definition) is 1. The fourth-order valence-electron chi connectivity index (χ4n) is 1.95. The van der Waals surface area contributed by atoms with Crippen LogP contribution < -0.4 is 10.6 Å². The van der Waals surface area contributed by atoms with Gasteiger partial charge >= 0.3 is 0 Å². The molecule has 0 amide bonds. The fourth-order valence-corrected chi connectivity index (χ4v) is 3.22. The monoisotopic (exact) mass is 275 g/mol. The molecule has 0 aromatic carbocycles. The van der Waals surface area contributed by atoms with Crippen molar-refractivity contribution in [3.63, 3.8) is 0 Å². The van der Waals surface area contributed by atoms with E-state index in [2.05, 4.69) is 32.7 Å². The first-order valence-electron chi connectivity index (χ1n) is 4.76. The summed E-state index contributed by atoms with van der Waals surface area (Å²) in [5.41, 5.74) is 5.98. The van der Waals surface area contributed by atoms with E-state index in [9.17, 15) is 0 Å². The summed E-state index contributed by atoms with van der Waals surface area (Å²) in [6, 6.07) is 0.293. The Labute approximate surface area is 96.4 Å². The van der Waals surface area contributed by atoms with Gasteiger partial charge in [-0.05, 0) is 28.3 Å². The first-order valence-corrected chi connectivity index (χ1v) is 6.44. The second-order valence-electron chi connectivity index (χ2n) is 3.96. The summed E-state index contributed by atoms with van der Waals surface area (Å²) >= 11 is 5.04. The van der Waals surface area contributed by atoms with Crippen molar-refractivity contribution in [1.82, 2.24) is 4.98 Å². The average Bonchev–Trinajstić information content (AvgIpc) is 2.50. The van der Waals surface area contributed by atoms with Crippen LogP contribution in [0.1, 0.15) is 13.3 Å². The van der Waals surface area contributed by atoms with Crippen LogP contribution >= 0.6 is 27.3 Å². The van der Waals surface area contributed by atoms with Gasteiger partial charge in [-0.2, -0.15) is 0 Å². The first-order chi connectivity index (χ1) is 6.65. The molecule has 2 heterocycles. The van der Waals surface area contributed by atoms with E-state index in [0.717, 1.165) is 29.2 Å². The molecule has 0 saturated carbocycles. The quantitative estimate of drug-likeness (QED) is 0.854. The minimum Gasteiger partial charge on any atom is -0.346 e. The van der Waals surface area contributed by atoms with Gasteiger partial charge in [0.05, 0.1) is 0 Å². The maximum absolute atomic E-state index is 5.98. The highest BCUT2D eigenvalue weighted by Crippen LogP contribution is 2.27. The van der Waals surface area contributed by atoms with E-state index < -0.39 is 0 Å². The highest BCUT2D eigenvalue weighted by Gasteiger charge is 2.23. The molecule has 1 aromatic rings. The van der Waals surface area contributed by atoms with Crippen molar-refractivity contribution in [1.29, 1.82) is 0 Å². The number of nitrogens with zero attached hydrogens (tertiary/aromatic N) is 2. The Hall–Kier alpha value is -0.130. The third-order valence-electron chi connectivity index (χ3n) is 2.43. The van der Waals surface area contributed by atoms with Crippen molar-refractivity contribution >= 4 is 32.4 Å². The van der Waals surface area contributed by atoms with Gasteiger partial charge in [0.1, 0.15) is 4.60 Å². The van der Waals surface area contributed by atoms with Gasteiger partial charge in [0.15, 0.2) is 5.13 Å². The van der Waals surface area contributed by atoms with Crippen LogP contribution in [0.5, 0.6) is 0 Å². The molecule has 3 nitrogen and oxygen atoms in total. The van der Waals surface area contributed by atoms with Crippen LogP contribution in [0.3, 0.4) is 0 Å². The zero-order chi connectivity index (χ0) is 10.1. The molecule has 2 atom stereocenters. The van der Waals surface area contributed by atoms with Gasteiger partial charge in [-0.25, -0.2) is 4.98 Å². The van der Waals surface area contributed by atoms with Crippen LogP contribution in [-0.4, -0.2) is 24.1 Å². The van der Waals surface area contributed by atoms with Crippen molar-refractivity contribution < 1.29 is 0 Å². The second kappa shape index (κ2) is 4.16. The Kier molecular flexibility index (Phi) is 3.09. The van der Waals surface area contributed by atoms with Crippen molar-refractivity contribution in [2.24, 2.45) is 11.7 Å². The molecule has 0 aliphatic carbocycles. The van der Waals surface area contributed by atoms with Crippen LogP contribution in [0, 0.1) is 5.92 Å². The zero-order valence-corrected chi connectivity index (χ0v) is 10.5. The summed E-state index contributed by atoms with van der Waals surface area (Å²) in [7, 11) is 0. The third-order valence-corrected chi connectivity index (χ3v) is 4.04. The van der Waals surface area contributed by atoms with Crippen LogP contribution in [-0.2, 0) is 0 Å². The van der Waals surface area contributed by atoms with E-state index in [1.54, 1.807) is 11.3 Å². The highest BCUT2D eigenvalue weighted by atomic mass is 79.9. The SMILES string of the molecule is CC1CC(N)CN(c2nc(Br)cs2)C1. The molecule has 1 fully saturated rings. The predicted octanol–water partition coefficient (Wildman–Crippen LogP) is 2.08. The number of thiazole rings is 1. The number of halogens is 1. The molecule has 1 aromatic heterocycles. The highest BCUT2D eigenvalue weighted by molar-refractivity contribution is 9.10. The van der Waals surface area contributed by atoms with Crippen LogP contribution in [0.15, 0.2) is 9.98 Å². The number of rotatable bonds is 1. The lowest BCUT2D eigenvalue weighted by Crippen LogP contribution is -2.46. The van der Waals surface area contributed by atoms with Crippen LogP contribution in [0.4, 0.5) is 5.13 Å². The maximum atomic E-state index is 5.98. The number of nitrogens with two attached hydrogens (primary N) is 1. The molecule has 2 N–H and O–H groups in total. The lowest BCUT2D eigenvalue weighted by Gasteiger charge is -2.34. The van der Waals surface area contributed by atoms with Gasteiger partial charge in [-0.3, -0.25) is 0 Å². The van der Waals surface area contributed by atoms with Gasteiger partial charge in [0, 0.05) is 24.5 Å². The summed E-state index contributed by atoms with van der Waals surface area (Å²) in [6.45, 7) is 4.26. The Morgan fingerprint density at radius 2 is 2.43 bits per heavy atom. The number of hydrogen-bond acceptors (Lipinski definition) is 4. The van der Waals surface area contributed by atoms with Crippen molar-refractivity contribution in [3.8, 4) is 0 Å². The number of aromatic nitrogens is 1. The molecule has 2 rings (SSSR count). The topological polar surface area (TPSA) is 42.1 Å². The Morgan fingerprint density at radius 1 is 1.64 bits per heavy atom. The molecule has 5 heteroatoms. The first kappa shape index (κ1) is 10.4. The summed E-state index contributed by atoms with van der Waals surface area (Å²) in [6.07, 6.45) is 1.13. The minimum absolute atomic E-state index is 0.293. The predicted molar refractivity (Wildman–Crippen MR) is 63.8 cm³/mol. The van der Waals surface area contributed by atoms with E-state index >= 15 is 0 Å². The lowest BCUT2D eigenvalue weighted by molar-refractivity contribution is 0.401. The van der Waals surface area contributed by atoms with E-state index in [4.69, 9.17) is 5.73 Å². The maximum Gasteiger partial charge on any atom is 0.186 e.